The van der Waals surface area contributed by atoms with E-state index < -0.39 is 0 Å². The highest BCUT2D eigenvalue weighted by molar-refractivity contribution is 5.97. The van der Waals surface area contributed by atoms with Crippen molar-refractivity contribution in [1.29, 1.82) is 0 Å². The number of hydrogen-bond acceptors (Lipinski definition) is 3. The highest BCUT2D eigenvalue weighted by Crippen LogP contribution is 2.17. The van der Waals surface area contributed by atoms with E-state index in [2.05, 4.69) is 22.2 Å². The topological polar surface area (TPSA) is 50.2 Å². The highest BCUT2D eigenvalue weighted by atomic mass is 16.1. The molecule has 2 heterocycles. The second-order valence-corrected chi connectivity index (χ2v) is 6.08. The van der Waals surface area contributed by atoms with Gasteiger partial charge in [-0.2, -0.15) is 5.10 Å². The number of aromatic nitrogens is 2. The molecule has 1 aromatic heterocycles. The fourth-order valence-corrected chi connectivity index (χ4v) is 3.21. The number of para-hydroxylation sites is 1. The number of rotatable bonds is 5. The van der Waals surface area contributed by atoms with Gasteiger partial charge >= 0.3 is 0 Å². The lowest BCUT2D eigenvalue weighted by Crippen LogP contribution is -2.40. The van der Waals surface area contributed by atoms with E-state index in [0.29, 0.717) is 11.5 Å². The summed E-state index contributed by atoms with van der Waals surface area (Å²) in [7, 11) is 0. The van der Waals surface area contributed by atoms with Gasteiger partial charge in [-0.1, -0.05) is 19.1 Å². The molecule has 0 bridgehead atoms. The molecular weight excluding hydrogens is 288 g/mol. The van der Waals surface area contributed by atoms with Crippen molar-refractivity contribution in [3.05, 3.63) is 48.3 Å². The van der Waals surface area contributed by atoms with Gasteiger partial charge in [0, 0.05) is 25.5 Å². The number of nitrogens with zero attached hydrogens (tertiary/aromatic N) is 3. The van der Waals surface area contributed by atoms with Crippen LogP contribution in [-0.4, -0.2) is 46.8 Å². The molecule has 2 aromatic rings. The molecule has 1 amide bonds. The zero-order valence-electron chi connectivity index (χ0n) is 13.6. The van der Waals surface area contributed by atoms with E-state index in [1.54, 1.807) is 10.9 Å². The third-order valence-electron chi connectivity index (χ3n) is 4.50. The van der Waals surface area contributed by atoms with Gasteiger partial charge in [-0.25, -0.2) is 4.68 Å². The first kappa shape index (κ1) is 15.7. The maximum atomic E-state index is 12.6. The number of amides is 1. The minimum atomic E-state index is -0.0234. The fraction of sp³-hybridized carbons (Fsp3) is 0.444. The van der Waals surface area contributed by atoms with Crippen LogP contribution in [0.5, 0.6) is 0 Å². The molecule has 5 heteroatoms. The van der Waals surface area contributed by atoms with Crippen LogP contribution in [0.1, 0.15) is 30.1 Å². The molecule has 1 aliphatic heterocycles. The van der Waals surface area contributed by atoms with E-state index in [9.17, 15) is 4.79 Å². The van der Waals surface area contributed by atoms with Crippen molar-refractivity contribution in [2.75, 3.05) is 26.2 Å². The highest BCUT2D eigenvalue weighted by Gasteiger charge is 2.20. The summed E-state index contributed by atoms with van der Waals surface area (Å²) in [6.07, 6.45) is 5.98. The zero-order valence-corrected chi connectivity index (χ0v) is 13.6. The number of nitrogens with one attached hydrogen (secondary N) is 1. The van der Waals surface area contributed by atoms with E-state index in [-0.39, 0.29) is 5.91 Å². The normalized spacial score (nSPS) is 18.7. The Morgan fingerprint density at radius 1 is 1.35 bits per heavy atom. The van der Waals surface area contributed by atoms with Crippen molar-refractivity contribution in [3.63, 3.8) is 0 Å². The van der Waals surface area contributed by atoms with E-state index in [1.165, 1.54) is 19.4 Å². The molecule has 0 saturated carbocycles. The minimum Gasteiger partial charge on any atom is -0.352 e. The van der Waals surface area contributed by atoms with Crippen LogP contribution < -0.4 is 5.32 Å². The molecule has 1 unspecified atom stereocenters. The Kier molecular flexibility index (Phi) is 5.08. The fourth-order valence-electron chi connectivity index (χ4n) is 3.21. The summed E-state index contributed by atoms with van der Waals surface area (Å²) < 4.78 is 1.73. The van der Waals surface area contributed by atoms with Crippen molar-refractivity contribution in [2.45, 2.75) is 19.8 Å². The molecular formula is C18H24N4O. The van der Waals surface area contributed by atoms with E-state index in [1.807, 2.05) is 36.5 Å². The Balaban J connectivity index is 1.65. The number of carbonyl (C=O) groups is 1. The van der Waals surface area contributed by atoms with Crippen LogP contribution in [0.2, 0.25) is 0 Å². The molecule has 3 rings (SSSR count). The van der Waals surface area contributed by atoms with Crippen LogP contribution in [0.25, 0.3) is 5.69 Å². The summed E-state index contributed by atoms with van der Waals surface area (Å²) in [5, 5.41) is 7.34. The van der Waals surface area contributed by atoms with Crippen LogP contribution in [0.15, 0.2) is 42.7 Å². The predicted octanol–water partition coefficient (Wildman–Crippen LogP) is 2.33. The summed E-state index contributed by atoms with van der Waals surface area (Å²) in [6, 6.07) is 9.44. The van der Waals surface area contributed by atoms with E-state index in [4.69, 9.17) is 0 Å². The lowest BCUT2D eigenvalue weighted by atomic mass is 9.98. The molecule has 1 atom stereocenters. The number of piperidine rings is 1. The van der Waals surface area contributed by atoms with Gasteiger partial charge in [0.15, 0.2) is 0 Å². The Morgan fingerprint density at radius 3 is 3.00 bits per heavy atom. The zero-order chi connectivity index (χ0) is 16.1. The van der Waals surface area contributed by atoms with E-state index >= 15 is 0 Å². The number of likely N-dealkylation sites (tertiary alicyclic amines) is 1. The van der Waals surface area contributed by atoms with Gasteiger partial charge in [-0.05, 0) is 50.0 Å². The molecule has 0 spiro atoms. The van der Waals surface area contributed by atoms with Gasteiger partial charge in [-0.15, -0.1) is 0 Å². The molecule has 0 radical (unpaired) electrons. The largest absolute Gasteiger partial charge is 0.352 e. The lowest BCUT2D eigenvalue weighted by molar-refractivity contribution is 0.0933. The van der Waals surface area contributed by atoms with Crippen LogP contribution >= 0.6 is 0 Å². The summed E-state index contributed by atoms with van der Waals surface area (Å²) in [5.41, 5.74) is 1.48. The monoisotopic (exact) mass is 312 g/mol. The molecule has 1 N–H and O–H groups in total. The summed E-state index contributed by atoms with van der Waals surface area (Å²) in [5.74, 6) is 0.522. The summed E-state index contributed by atoms with van der Waals surface area (Å²) in [4.78, 5) is 15.0. The molecule has 1 saturated heterocycles. The Morgan fingerprint density at radius 2 is 2.22 bits per heavy atom. The number of benzene rings is 1. The summed E-state index contributed by atoms with van der Waals surface area (Å²) >= 11 is 0. The molecule has 122 valence electrons. The van der Waals surface area contributed by atoms with Gasteiger partial charge in [0.25, 0.3) is 5.91 Å². The van der Waals surface area contributed by atoms with Crippen molar-refractivity contribution in [2.24, 2.45) is 5.92 Å². The number of hydrogen-bond donors (Lipinski definition) is 1. The molecule has 1 aromatic carbocycles. The van der Waals surface area contributed by atoms with Crippen molar-refractivity contribution in [3.8, 4) is 5.69 Å². The number of carbonyl (C=O) groups excluding carboxylic acids is 1. The van der Waals surface area contributed by atoms with Crippen molar-refractivity contribution < 1.29 is 4.79 Å². The molecule has 0 aliphatic carbocycles. The second kappa shape index (κ2) is 7.42. The maximum absolute atomic E-state index is 12.6. The van der Waals surface area contributed by atoms with Crippen LogP contribution in [0.4, 0.5) is 0 Å². The Labute approximate surface area is 137 Å². The molecule has 23 heavy (non-hydrogen) atoms. The first-order valence-electron chi connectivity index (χ1n) is 8.37. The third-order valence-corrected chi connectivity index (χ3v) is 4.50. The quantitative estimate of drug-likeness (QED) is 0.922. The van der Waals surface area contributed by atoms with Crippen LogP contribution in [0, 0.1) is 5.92 Å². The van der Waals surface area contributed by atoms with Gasteiger partial charge in [0.05, 0.1) is 11.3 Å². The van der Waals surface area contributed by atoms with E-state index in [0.717, 1.165) is 25.3 Å². The van der Waals surface area contributed by atoms with Crippen LogP contribution in [0.3, 0.4) is 0 Å². The molecule has 1 aliphatic rings. The maximum Gasteiger partial charge on any atom is 0.253 e. The second-order valence-electron chi connectivity index (χ2n) is 6.08. The van der Waals surface area contributed by atoms with Crippen molar-refractivity contribution in [1.82, 2.24) is 20.0 Å². The van der Waals surface area contributed by atoms with Gasteiger partial charge in [0.1, 0.15) is 0 Å². The van der Waals surface area contributed by atoms with Gasteiger partial charge in [0.2, 0.25) is 0 Å². The third kappa shape index (κ3) is 3.79. The first-order valence-corrected chi connectivity index (χ1v) is 8.37. The average molecular weight is 312 g/mol. The molecule has 1 fully saturated rings. The van der Waals surface area contributed by atoms with Crippen LogP contribution in [-0.2, 0) is 0 Å². The standard InChI is InChI=1S/C18H24N4O/c1-2-21-11-5-7-15(14-21)13-19-18(23)16-8-3-4-9-17(16)22-12-6-10-20-22/h3-4,6,8-10,12,15H,2,5,7,11,13-14H2,1H3,(H,19,23). The summed E-state index contributed by atoms with van der Waals surface area (Å²) in [6.45, 7) is 6.29. The minimum absolute atomic E-state index is 0.0234. The van der Waals surface area contributed by atoms with Crippen molar-refractivity contribution >= 4 is 5.91 Å². The average Bonchev–Trinajstić information content (AvgIpc) is 3.14. The van der Waals surface area contributed by atoms with Gasteiger partial charge < -0.3 is 10.2 Å². The smallest absolute Gasteiger partial charge is 0.253 e. The Hall–Kier alpha value is -2.14. The van der Waals surface area contributed by atoms with Gasteiger partial charge in [-0.3, -0.25) is 4.79 Å². The SMILES string of the molecule is CCN1CCCC(CNC(=O)c2ccccc2-n2cccn2)C1. The molecule has 5 nitrogen and oxygen atoms in total. The first-order chi connectivity index (χ1) is 11.3. The lowest BCUT2D eigenvalue weighted by Gasteiger charge is -2.31. The predicted molar refractivity (Wildman–Crippen MR) is 90.7 cm³/mol. The Bertz CT molecular complexity index is 638.